The van der Waals surface area contributed by atoms with Crippen LogP contribution in [0.15, 0.2) is 12.2 Å². The molecule has 3 unspecified atom stereocenters. The van der Waals surface area contributed by atoms with Crippen molar-refractivity contribution in [2.24, 2.45) is 11.8 Å². The van der Waals surface area contributed by atoms with Gasteiger partial charge in [0.15, 0.2) is 0 Å². The molecule has 0 aromatic carbocycles. The normalized spacial score (nSPS) is 28.0. The van der Waals surface area contributed by atoms with Crippen molar-refractivity contribution in [3.63, 3.8) is 0 Å². The summed E-state index contributed by atoms with van der Waals surface area (Å²) in [6.07, 6.45) is -11.2. The summed E-state index contributed by atoms with van der Waals surface area (Å²) in [5, 5.41) is 9.05. The number of carbonyl (C=O) groups excluding carboxylic acids is 1. The number of fused-ring (bicyclic) bond motifs is 2. The van der Waals surface area contributed by atoms with Crippen LogP contribution in [0.25, 0.3) is 0 Å². The Morgan fingerprint density at radius 1 is 1.09 bits per heavy atom. The molecule has 0 aliphatic heterocycles. The standard InChI is InChI=1S/C14H16F6O3/c1-7(6-12(22,13(15,16)17)14(18,19)20)11(21)23-10-5-8-2-3-9(10)4-8/h8-10,22H,1-6H2. The van der Waals surface area contributed by atoms with Crippen LogP contribution in [-0.4, -0.2) is 35.1 Å². The Hall–Kier alpha value is -1.25. The molecule has 23 heavy (non-hydrogen) atoms. The number of alkyl halides is 6. The third kappa shape index (κ3) is 3.34. The molecule has 0 aromatic heterocycles. The monoisotopic (exact) mass is 346 g/mol. The van der Waals surface area contributed by atoms with Gasteiger partial charge in [0.2, 0.25) is 0 Å². The molecule has 0 heterocycles. The van der Waals surface area contributed by atoms with Crippen molar-refractivity contribution in [1.82, 2.24) is 0 Å². The minimum absolute atomic E-state index is 0.0980. The Balaban J connectivity index is 2.03. The highest BCUT2D eigenvalue weighted by molar-refractivity contribution is 5.88. The smallest absolute Gasteiger partial charge is 0.426 e. The molecule has 2 fully saturated rings. The third-order valence-corrected chi connectivity index (χ3v) is 4.63. The average Bonchev–Trinajstić information content (AvgIpc) is 2.97. The van der Waals surface area contributed by atoms with E-state index in [2.05, 4.69) is 6.58 Å². The average molecular weight is 346 g/mol. The summed E-state index contributed by atoms with van der Waals surface area (Å²) in [5.41, 5.74) is -6.07. The van der Waals surface area contributed by atoms with Crippen LogP contribution in [0.3, 0.4) is 0 Å². The van der Waals surface area contributed by atoms with Gasteiger partial charge < -0.3 is 9.84 Å². The summed E-state index contributed by atoms with van der Waals surface area (Å²) in [6.45, 7) is 2.94. The van der Waals surface area contributed by atoms with Gasteiger partial charge in [0.05, 0.1) is 0 Å². The molecule has 0 saturated heterocycles. The lowest BCUT2D eigenvalue weighted by Crippen LogP contribution is -2.57. The van der Waals surface area contributed by atoms with Gasteiger partial charge in [-0.15, -0.1) is 0 Å². The van der Waals surface area contributed by atoms with Crippen molar-refractivity contribution in [2.45, 2.75) is 56.2 Å². The minimum atomic E-state index is -5.99. The summed E-state index contributed by atoms with van der Waals surface area (Å²) in [5.74, 6) is -0.844. The second kappa shape index (κ2) is 5.68. The van der Waals surface area contributed by atoms with Crippen LogP contribution in [0, 0.1) is 11.8 Å². The Morgan fingerprint density at radius 3 is 2.04 bits per heavy atom. The maximum Gasteiger partial charge on any atom is 0.426 e. The highest BCUT2D eigenvalue weighted by Crippen LogP contribution is 2.48. The minimum Gasteiger partial charge on any atom is -0.459 e. The first-order valence-electron chi connectivity index (χ1n) is 7.09. The Bertz CT molecular complexity index is 482. The molecule has 0 aromatic rings. The quantitative estimate of drug-likeness (QED) is 0.481. The summed E-state index contributed by atoms with van der Waals surface area (Å²) in [7, 11) is 0. The molecule has 2 saturated carbocycles. The van der Waals surface area contributed by atoms with Gasteiger partial charge >= 0.3 is 18.3 Å². The van der Waals surface area contributed by atoms with E-state index in [-0.39, 0.29) is 5.92 Å². The van der Waals surface area contributed by atoms with Gasteiger partial charge in [-0.3, -0.25) is 0 Å². The molecule has 2 aliphatic rings. The van der Waals surface area contributed by atoms with Gasteiger partial charge in [0.1, 0.15) is 6.10 Å². The van der Waals surface area contributed by atoms with Crippen LogP contribution < -0.4 is 0 Å². The first-order chi connectivity index (χ1) is 10.3. The molecule has 0 amide bonds. The zero-order valence-corrected chi connectivity index (χ0v) is 12.0. The van der Waals surface area contributed by atoms with E-state index in [0.29, 0.717) is 12.3 Å². The molecule has 2 rings (SSSR count). The van der Waals surface area contributed by atoms with Crippen LogP contribution in [0.5, 0.6) is 0 Å². The number of rotatable bonds is 4. The fourth-order valence-corrected chi connectivity index (χ4v) is 3.29. The first kappa shape index (κ1) is 18.1. The SMILES string of the molecule is C=C(CC(O)(C(F)(F)F)C(F)(F)F)C(=O)OC1CC2CCC1C2. The molecule has 2 bridgehead atoms. The molecule has 0 radical (unpaired) electrons. The van der Waals surface area contributed by atoms with Crippen LogP contribution >= 0.6 is 0 Å². The van der Waals surface area contributed by atoms with Crippen molar-refractivity contribution < 1.29 is 41.0 Å². The largest absolute Gasteiger partial charge is 0.459 e. The molecule has 3 nitrogen and oxygen atoms in total. The second-order valence-corrected chi connectivity index (χ2v) is 6.25. The number of carbonyl (C=O) groups is 1. The molecule has 132 valence electrons. The Labute approximate surface area is 128 Å². The summed E-state index contributed by atoms with van der Waals surface area (Å²) in [6, 6.07) is 0. The van der Waals surface area contributed by atoms with Crippen LogP contribution in [-0.2, 0) is 9.53 Å². The van der Waals surface area contributed by atoms with Crippen LogP contribution in [0.4, 0.5) is 26.3 Å². The number of hydrogen-bond acceptors (Lipinski definition) is 3. The lowest BCUT2D eigenvalue weighted by molar-refractivity contribution is -0.367. The maximum absolute atomic E-state index is 12.6. The number of ether oxygens (including phenoxy) is 1. The van der Waals surface area contributed by atoms with Crippen LogP contribution in [0.1, 0.15) is 32.1 Å². The highest BCUT2D eigenvalue weighted by Gasteiger charge is 2.70. The molecule has 0 spiro atoms. The predicted octanol–water partition coefficient (Wildman–Crippen LogP) is 3.52. The van der Waals surface area contributed by atoms with E-state index in [1.165, 1.54) is 0 Å². The van der Waals surface area contributed by atoms with E-state index in [9.17, 15) is 31.1 Å². The molecule has 1 N–H and O–H groups in total. The third-order valence-electron chi connectivity index (χ3n) is 4.63. The van der Waals surface area contributed by atoms with Gasteiger partial charge in [0.25, 0.3) is 5.60 Å². The predicted molar refractivity (Wildman–Crippen MR) is 66.1 cm³/mol. The molecular formula is C14H16F6O3. The van der Waals surface area contributed by atoms with E-state index in [0.717, 1.165) is 19.3 Å². The van der Waals surface area contributed by atoms with Crippen molar-refractivity contribution >= 4 is 5.97 Å². The Kier molecular flexibility index (Phi) is 4.47. The van der Waals surface area contributed by atoms with Crippen molar-refractivity contribution in [2.75, 3.05) is 0 Å². The van der Waals surface area contributed by atoms with Crippen molar-refractivity contribution in [3.8, 4) is 0 Å². The first-order valence-corrected chi connectivity index (χ1v) is 7.09. The fraction of sp³-hybridized carbons (Fsp3) is 0.786. The van der Waals surface area contributed by atoms with E-state index in [1.807, 2.05) is 0 Å². The molecule has 2 aliphatic carbocycles. The van der Waals surface area contributed by atoms with E-state index < -0.39 is 42.0 Å². The number of hydrogen-bond donors (Lipinski definition) is 1. The Morgan fingerprint density at radius 2 is 1.65 bits per heavy atom. The van der Waals surface area contributed by atoms with Gasteiger partial charge in [-0.2, -0.15) is 26.3 Å². The summed E-state index contributed by atoms with van der Waals surface area (Å²) in [4.78, 5) is 11.7. The lowest BCUT2D eigenvalue weighted by Gasteiger charge is -2.32. The number of esters is 1. The lowest BCUT2D eigenvalue weighted by atomic mass is 9.93. The van der Waals surface area contributed by atoms with E-state index in [4.69, 9.17) is 9.84 Å². The van der Waals surface area contributed by atoms with Gasteiger partial charge in [-0.1, -0.05) is 6.58 Å². The molecule has 9 heteroatoms. The van der Waals surface area contributed by atoms with Gasteiger partial charge in [0, 0.05) is 12.0 Å². The zero-order chi connectivity index (χ0) is 17.6. The number of aliphatic hydroxyl groups is 1. The summed E-state index contributed by atoms with van der Waals surface area (Å²) >= 11 is 0. The van der Waals surface area contributed by atoms with Crippen molar-refractivity contribution in [1.29, 1.82) is 0 Å². The number of halogens is 6. The fourth-order valence-electron chi connectivity index (χ4n) is 3.29. The van der Waals surface area contributed by atoms with E-state index >= 15 is 0 Å². The van der Waals surface area contributed by atoms with E-state index in [1.54, 1.807) is 0 Å². The van der Waals surface area contributed by atoms with Gasteiger partial charge in [-0.25, -0.2) is 4.79 Å². The van der Waals surface area contributed by atoms with Crippen molar-refractivity contribution in [3.05, 3.63) is 12.2 Å². The van der Waals surface area contributed by atoms with Gasteiger partial charge in [-0.05, 0) is 37.5 Å². The zero-order valence-electron chi connectivity index (χ0n) is 12.0. The topological polar surface area (TPSA) is 46.5 Å². The van der Waals surface area contributed by atoms with Crippen LogP contribution in [0.2, 0.25) is 0 Å². The maximum atomic E-state index is 12.6. The second-order valence-electron chi connectivity index (χ2n) is 6.25. The highest BCUT2D eigenvalue weighted by atomic mass is 19.4. The summed E-state index contributed by atoms with van der Waals surface area (Å²) < 4.78 is 80.5. The molecule has 3 atom stereocenters. The molecular weight excluding hydrogens is 330 g/mol.